The van der Waals surface area contributed by atoms with Crippen molar-refractivity contribution < 1.29 is 31.9 Å². The van der Waals surface area contributed by atoms with Gasteiger partial charge in [-0.25, -0.2) is 8.78 Å². The molecule has 2 aromatic rings. The van der Waals surface area contributed by atoms with Gasteiger partial charge in [-0.3, -0.25) is 9.59 Å². The average molecular weight is 384 g/mol. The molecule has 1 atom stereocenters. The van der Waals surface area contributed by atoms with E-state index in [1.54, 1.807) is 6.92 Å². The topological polar surface area (TPSA) is 67.4 Å². The fraction of sp³-hybridized carbons (Fsp3) is 0.222. The Balaban J connectivity index is 1.89. The molecule has 0 fully saturated rings. The molecule has 0 saturated carbocycles. The largest absolute Gasteiger partial charge is 0.435 e. The summed E-state index contributed by atoms with van der Waals surface area (Å²) in [5.41, 5.74) is 0.389. The number of hydrogen-bond acceptors (Lipinski definition) is 3. The van der Waals surface area contributed by atoms with E-state index >= 15 is 0 Å². The zero-order valence-corrected chi connectivity index (χ0v) is 14.1. The van der Waals surface area contributed by atoms with Crippen LogP contribution in [0.3, 0.4) is 0 Å². The lowest BCUT2D eigenvalue weighted by molar-refractivity contribution is -0.120. The minimum absolute atomic E-state index is 0.0367. The number of benzene rings is 2. The summed E-state index contributed by atoms with van der Waals surface area (Å²) < 4.78 is 54.8. The Labute approximate surface area is 152 Å². The number of nitrogens with one attached hydrogen (secondary N) is 2. The minimum atomic E-state index is -3.02. The predicted octanol–water partition coefficient (Wildman–Crippen LogP) is 3.17. The van der Waals surface area contributed by atoms with Crippen LogP contribution in [0.15, 0.2) is 42.5 Å². The molecule has 1 unspecified atom stereocenters. The zero-order chi connectivity index (χ0) is 20.0. The third kappa shape index (κ3) is 5.98. The lowest BCUT2D eigenvalue weighted by Crippen LogP contribution is -2.38. The molecule has 2 N–H and O–H groups in total. The Morgan fingerprint density at radius 3 is 2.48 bits per heavy atom. The Hall–Kier alpha value is -3.10. The van der Waals surface area contributed by atoms with Crippen LogP contribution in [0.4, 0.5) is 17.6 Å². The van der Waals surface area contributed by atoms with Crippen molar-refractivity contribution >= 4 is 11.8 Å². The van der Waals surface area contributed by atoms with Crippen LogP contribution in [-0.2, 0) is 4.79 Å². The molecule has 5 nitrogen and oxygen atoms in total. The molecular formula is C18H16F4N2O3. The van der Waals surface area contributed by atoms with Crippen LogP contribution in [0.2, 0.25) is 0 Å². The molecule has 0 radical (unpaired) electrons. The smallest absolute Gasteiger partial charge is 0.387 e. The van der Waals surface area contributed by atoms with Crippen molar-refractivity contribution in [1.29, 1.82) is 0 Å². The lowest BCUT2D eigenvalue weighted by Gasteiger charge is -2.15. The fourth-order valence-corrected chi connectivity index (χ4v) is 2.23. The van der Waals surface area contributed by atoms with Crippen molar-refractivity contribution in [2.75, 3.05) is 6.54 Å². The summed E-state index contributed by atoms with van der Waals surface area (Å²) in [6.07, 6.45) is 0. The van der Waals surface area contributed by atoms with Gasteiger partial charge >= 0.3 is 6.61 Å². The van der Waals surface area contributed by atoms with E-state index in [0.717, 1.165) is 18.2 Å². The molecular weight excluding hydrogens is 368 g/mol. The van der Waals surface area contributed by atoms with Crippen LogP contribution in [0.25, 0.3) is 0 Å². The van der Waals surface area contributed by atoms with Crippen molar-refractivity contribution in [3.05, 3.63) is 65.2 Å². The second-order valence-corrected chi connectivity index (χ2v) is 5.55. The molecule has 0 saturated heterocycles. The molecule has 0 aliphatic rings. The van der Waals surface area contributed by atoms with Gasteiger partial charge in [0.2, 0.25) is 5.91 Å². The Bertz CT molecular complexity index is 830. The summed E-state index contributed by atoms with van der Waals surface area (Å²) in [6, 6.07) is 7.73. The monoisotopic (exact) mass is 384 g/mol. The van der Waals surface area contributed by atoms with Gasteiger partial charge in [-0.15, -0.1) is 0 Å². The highest BCUT2D eigenvalue weighted by Crippen LogP contribution is 2.17. The normalized spacial score (nSPS) is 11.8. The number of amides is 2. The summed E-state index contributed by atoms with van der Waals surface area (Å²) >= 11 is 0. The quantitative estimate of drug-likeness (QED) is 0.721. The maximum atomic E-state index is 13.2. The number of ether oxygens (including phenoxy) is 1. The molecule has 27 heavy (non-hydrogen) atoms. The van der Waals surface area contributed by atoms with Gasteiger partial charge in [0.25, 0.3) is 5.91 Å². The molecule has 144 valence electrons. The maximum absolute atomic E-state index is 13.2. The summed E-state index contributed by atoms with van der Waals surface area (Å²) in [5.74, 6) is -3.45. The first-order valence-corrected chi connectivity index (χ1v) is 7.83. The predicted molar refractivity (Wildman–Crippen MR) is 88.3 cm³/mol. The van der Waals surface area contributed by atoms with Gasteiger partial charge in [0.1, 0.15) is 5.75 Å². The van der Waals surface area contributed by atoms with Crippen LogP contribution < -0.4 is 15.4 Å². The number of halogens is 4. The van der Waals surface area contributed by atoms with Crippen molar-refractivity contribution in [3.8, 4) is 5.75 Å². The first-order valence-electron chi connectivity index (χ1n) is 7.83. The van der Waals surface area contributed by atoms with Gasteiger partial charge in [0.05, 0.1) is 12.6 Å². The van der Waals surface area contributed by atoms with Crippen molar-refractivity contribution in [1.82, 2.24) is 10.6 Å². The molecule has 0 spiro atoms. The second-order valence-electron chi connectivity index (χ2n) is 5.55. The molecule has 0 heterocycles. The SMILES string of the molecule is CC(NC(=O)CNC(=O)c1cccc(OC(F)F)c1)c1ccc(F)c(F)c1. The summed E-state index contributed by atoms with van der Waals surface area (Å²) in [7, 11) is 0. The van der Waals surface area contributed by atoms with E-state index in [1.807, 2.05) is 0 Å². The second kappa shape index (κ2) is 9.02. The Morgan fingerprint density at radius 1 is 1.07 bits per heavy atom. The van der Waals surface area contributed by atoms with Crippen molar-refractivity contribution in [2.45, 2.75) is 19.6 Å². The Morgan fingerprint density at radius 2 is 1.81 bits per heavy atom. The van der Waals surface area contributed by atoms with E-state index in [1.165, 1.54) is 24.3 Å². The van der Waals surface area contributed by atoms with Gasteiger partial charge in [-0.1, -0.05) is 12.1 Å². The third-order valence-corrected chi connectivity index (χ3v) is 3.55. The number of carbonyl (C=O) groups is 2. The van der Waals surface area contributed by atoms with E-state index in [0.29, 0.717) is 5.56 Å². The van der Waals surface area contributed by atoms with Gasteiger partial charge in [-0.2, -0.15) is 8.78 Å². The van der Waals surface area contributed by atoms with Crippen molar-refractivity contribution in [3.63, 3.8) is 0 Å². The summed E-state index contributed by atoms with van der Waals surface area (Å²) in [6.45, 7) is -1.85. The number of rotatable bonds is 7. The molecule has 2 rings (SSSR count). The summed E-state index contributed by atoms with van der Waals surface area (Å²) in [4.78, 5) is 23.9. The van der Waals surface area contributed by atoms with Gasteiger partial charge in [0.15, 0.2) is 11.6 Å². The van der Waals surface area contributed by atoms with E-state index in [4.69, 9.17) is 0 Å². The number of carbonyl (C=O) groups excluding carboxylic acids is 2. The van der Waals surface area contributed by atoms with Crippen LogP contribution in [0, 0.1) is 11.6 Å². The first-order chi connectivity index (χ1) is 12.8. The number of hydrogen-bond donors (Lipinski definition) is 2. The number of alkyl halides is 2. The average Bonchev–Trinajstić information content (AvgIpc) is 2.61. The molecule has 0 aliphatic heterocycles. The highest BCUT2D eigenvalue weighted by Gasteiger charge is 2.14. The molecule has 2 aromatic carbocycles. The van der Waals surface area contributed by atoms with Crippen LogP contribution >= 0.6 is 0 Å². The van der Waals surface area contributed by atoms with Gasteiger partial charge in [0, 0.05) is 5.56 Å². The van der Waals surface area contributed by atoms with E-state index < -0.39 is 42.6 Å². The molecule has 9 heteroatoms. The third-order valence-electron chi connectivity index (χ3n) is 3.55. The van der Waals surface area contributed by atoms with Gasteiger partial charge in [-0.05, 0) is 42.8 Å². The van der Waals surface area contributed by atoms with Crippen LogP contribution in [0.5, 0.6) is 5.75 Å². The zero-order valence-electron chi connectivity index (χ0n) is 14.1. The first kappa shape index (κ1) is 20.2. The van der Waals surface area contributed by atoms with Crippen LogP contribution in [0.1, 0.15) is 28.9 Å². The molecule has 0 aromatic heterocycles. The van der Waals surface area contributed by atoms with E-state index in [-0.39, 0.29) is 11.3 Å². The summed E-state index contributed by atoms with van der Waals surface area (Å²) in [5, 5.41) is 4.85. The minimum Gasteiger partial charge on any atom is -0.435 e. The fourth-order valence-electron chi connectivity index (χ4n) is 2.23. The Kier molecular flexibility index (Phi) is 6.75. The van der Waals surface area contributed by atoms with Gasteiger partial charge < -0.3 is 15.4 Å². The standard InChI is InChI=1S/C18H16F4N2O3/c1-10(11-5-6-14(19)15(20)8-11)24-16(25)9-23-17(26)12-3-2-4-13(7-12)27-18(21)22/h2-8,10,18H,9H2,1H3,(H,23,26)(H,24,25). The van der Waals surface area contributed by atoms with E-state index in [2.05, 4.69) is 15.4 Å². The lowest BCUT2D eigenvalue weighted by atomic mass is 10.1. The highest BCUT2D eigenvalue weighted by atomic mass is 19.3. The molecule has 0 aliphatic carbocycles. The molecule has 0 bridgehead atoms. The van der Waals surface area contributed by atoms with Crippen LogP contribution in [-0.4, -0.2) is 25.0 Å². The van der Waals surface area contributed by atoms with E-state index in [9.17, 15) is 27.2 Å². The van der Waals surface area contributed by atoms with Crippen molar-refractivity contribution in [2.24, 2.45) is 0 Å². The molecule has 2 amide bonds. The highest BCUT2D eigenvalue weighted by molar-refractivity contribution is 5.96. The maximum Gasteiger partial charge on any atom is 0.387 e.